The van der Waals surface area contributed by atoms with Crippen LogP contribution in [-0.4, -0.2) is 58.5 Å². The lowest BCUT2D eigenvalue weighted by Crippen LogP contribution is -2.61. The predicted molar refractivity (Wildman–Crippen MR) is 91.6 cm³/mol. The largest absolute Gasteiger partial charge is 0.461 e. The van der Waals surface area contributed by atoms with Crippen LogP contribution in [0.1, 0.15) is 53.4 Å². The molecule has 9 heteroatoms. The summed E-state index contributed by atoms with van der Waals surface area (Å²) in [6, 6.07) is 0. The van der Waals surface area contributed by atoms with Gasteiger partial charge in [-0.05, 0) is 20.3 Å². The van der Waals surface area contributed by atoms with Crippen LogP contribution in [0.15, 0.2) is 11.1 Å². The Kier molecular flexibility index (Phi) is 4.87. The highest BCUT2D eigenvalue weighted by Crippen LogP contribution is 2.52. The average Bonchev–Trinajstić information content (AvgIpc) is 2.79. The Hall–Kier alpha value is -2.26. The molecule has 154 valence electrons. The third kappa shape index (κ3) is 3.56. The lowest BCUT2D eigenvalue weighted by molar-refractivity contribution is -0.284. The molecule has 3 heterocycles. The van der Waals surface area contributed by atoms with E-state index in [2.05, 4.69) is 0 Å². The van der Waals surface area contributed by atoms with Gasteiger partial charge >= 0.3 is 17.9 Å². The van der Waals surface area contributed by atoms with E-state index in [1.807, 2.05) is 0 Å². The fourth-order valence-electron chi connectivity index (χ4n) is 4.17. The molecule has 2 saturated heterocycles. The van der Waals surface area contributed by atoms with Gasteiger partial charge in [0.05, 0.1) is 16.7 Å². The SMILES string of the molecule is CC(=O)OCC1=C2[C@H](OC(C)=O)C[C@]3(C)O[C@]2(C[C@@](C)(O)CCC3=O)OC1=O. The fourth-order valence-corrected chi connectivity index (χ4v) is 4.17. The highest BCUT2D eigenvalue weighted by atomic mass is 16.7. The lowest BCUT2D eigenvalue weighted by atomic mass is 9.74. The Balaban J connectivity index is 2.16. The van der Waals surface area contributed by atoms with Crippen LogP contribution in [-0.2, 0) is 38.1 Å². The van der Waals surface area contributed by atoms with E-state index in [4.69, 9.17) is 18.9 Å². The number of aliphatic hydroxyl groups is 1. The Morgan fingerprint density at radius 1 is 1.21 bits per heavy atom. The second kappa shape index (κ2) is 6.66. The molecule has 1 N–H and O–H groups in total. The smallest absolute Gasteiger partial charge is 0.340 e. The minimum atomic E-state index is -1.78. The van der Waals surface area contributed by atoms with Gasteiger partial charge in [-0.25, -0.2) is 4.79 Å². The summed E-state index contributed by atoms with van der Waals surface area (Å²) in [5, 5.41) is 10.8. The molecule has 3 aliphatic heterocycles. The Morgan fingerprint density at radius 3 is 2.50 bits per heavy atom. The van der Waals surface area contributed by atoms with Crippen molar-refractivity contribution in [2.75, 3.05) is 6.61 Å². The first-order valence-electron chi connectivity index (χ1n) is 9.11. The Bertz CT molecular complexity index is 780. The van der Waals surface area contributed by atoms with Crippen LogP contribution in [0.25, 0.3) is 0 Å². The van der Waals surface area contributed by atoms with Crippen molar-refractivity contribution in [3.63, 3.8) is 0 Å². The normalized spacial score (nSPS) is 37.5. The van der Waals surface area contributed by atoms with Crippen molar-refractivity contribution in [3.05, 3.63) is 11.1 Å². The van der Waals surface area contributed by atoms with E-state index < -0.39 is 41.0 Å². The van der Waals surface area contributed by atoms with E-state index >= 15 is 0 Å². The molecule has 2 bridgehead atoms. The molecule has 0 saturated carbocycles. The molecule has 0 aromatic heterocycles. The molecule has 9 nitrogen and oxygen atoms in total. The number of ketones is 1. The quantitative estimate of drug-likeness (QED) is 0.542. The van der Waals surface area contributed by atoms with Crippen molar-refractivity contribution in [1.82, 2.24) is 0 Å². The van der Waals surface area contributed by atoms with Gasteiger partial charge in [0.25, 0.3) is 0 Å². The molecule has 0 radical (unpaired) electrons. The van der Waals surface area contributed by atoms with Crippen molar-refractivity contribution in [3.8, 4) is 0 Å². The van der Waals surface area contributed by atoms with Crippen LogP contribution in [0.3, 0.4) is 0 Å². The maximum Gasteiger partial charge on any atom is 0.340 e. The van der Waals surface area contributed by atoms with Crippen LogP contribution in [0.5, 0.6) is 0 Å². The van der Waals surface area contributed by atoms with Crippen LogP contribution in [0.4, 0.5) is 0 Å². The molecule has 0 aromatic rings. The van der Waals surface area contributed by atoms with E-state index in [0.717, 1.165) is 0 Å². The summed E-state index contributed by atoms with van der Waals surface area (Å²) in [4.78, 5) is 48.3. The van der Waals surface area contributed by atoms with Crippen molar-refractivity contribution in [2.24, 2.45) is 0 Å². The van der Waals surface area contributed by atoms with Crippen molar-refractivity contribution >= 4 is 23.7 Å². The molecular formula is C19H24O9. The molecule has 0 amide bonds. The molecule has 0 aliphatic carbocycles. The third-order valence-electron chi connectivity index (χ3n) is 5.35. The Morgan fingerprint density at radius 2 is 1.89 bits per heavy atom. The molecule has 0 aromatic carbocycles. The number of carbonyl (C=O) groups excluding carboxylic acids is 4. The van der Waals surface area contributed by atoms with Gasteiger partial charge < -0.3 is 24.1 Å². The van der Waals surface area contributed by atoms with Crippen molar-refractivity contribution in [2.45, 2.75) is 76.5 Å². The second-order valence-electron chi connectivity index (χ2n) is 8.05. The average molecular weight is 396 g/mol. The van der Waals surface area contributed by atoms with Gasteiger partial charge in [0.2, 0.25) is 5.79 Å². The van der Waals surface area contributed by atoms with Gasteiger partial charge in [0.1, 0.15) is 18.3 Å². The molecular weight excluding hydrogens is 372 g/mol. The number of esters is 3. The number of hydrogen-bond acceptors (Lipinski definition) is 9. The van der Waals surface area contributed by atoms with Crippen LogP contribution in [0.2, 0.25) is 0 Å². The highest BCUT2D eigenvalue weighted by Gasteiger charge is 2.64. The summed E-state index contributed by atoms with van der Waals surface area (Å²) in [5.41, 5.74) is -2.57. The van der Waals surface area contributed by atoms with E-state index in [0.29, 0.717) is 0 Å². The van der Waals surface area contributed by atoms with Gasteiger partial charge in [-0.2, -0.15) is 0 Å². The summed E-state index contributed by atoms with van der Waals surface area (Å²) in [7, 11) is 0. The first-order chi connectivity index (χ1) is 12.9. The van der Waals surface area contributed by atoms with Gasteiger partial charge in [0.15, 0.2) is 5.78 Å². The predicted octanol–water partition coefficient (Wildman–Crippen LogP) is 0.714. The number of hydrogen-bond donors (Lipinski definition) is 1. The summed E-state index contributed by atoms with van der Waals surface area (Å²) in [5.74, 6) is -4.08. The van der Waals surface area contributed by atoms with E-state index in [1.165, 1.54) is 20.8 Å². The van der Waals surface area contributed by atoms with E-state index in [1.54, 1.807) is 6.92 Å². The molecule has 4 atom stereocenters. The third-order valence-corrected chi connectivity index (χ3v) is 5.35. The van der Waals surface area contributed by atoms with Gasteiger partial charge in [-0.1, -0.05) is 0 Å². The van der Waals surface area contributed by atoms with Crippen molar-refractivity contribution in [1.29, 1.82) is 0 Å². The minimum absolute atomic E-state index is 0.00711. The summed E-state index contributed by atoms with van der Waals surface area (Å²) < 4.78 is 22.0. The van der Waals surface area contributed by atoms with Crippen LogP contribution < -0.4 is 0 Å². The van der Waals surface area contributed by atoms with Gasteiger partial charge in [0, 0.05) is 33.1 Å². The van der Waals surface area contributed by atoms with Gasteiger partial charge in [-0.15, -0.1) is 0 Å². The second-order valence-corrected chi connectivity index (χ2v) is 8.05. The zero-order valence-electron chi connectivity index (χ0n) is 16.3. The number of rotatable bonds is 3. The fraction of sp³-hybridized carbons (Fsp3) is 0.684. The number of Topliss-reactive ketones (excluding diaryl/α,β-unsaturated/α-hetero) is 1. The standard InChI is InChI=1S/C19H24O9/c1-10(20)25-8-12-15-13(26-11(2)21)7-18(4)14(22)5-6-17(3,24)9-19(15,28-18)27-16(12)23/h13,24H,5-9H2,1-4H3/t13-,17+,18+,19+/m1/s1. The molecule has 28 heavy (non-hydrogen) atoms. The van der Waals surface area contributed by atoms with E-state index in [-0.39, 0.29) is 49.2 Å². The zero-order chi connectivity index (χ0) is 20.9. The molecule has 2 fully saturated rings. The van der Waals surface area contributed by atoms with Crippen LogP contribution >= 0.6 is 0 Å². The topological polar surface area (TPSA) is 125 Å². The number of carbonyl (C=O) groups is 4. The maximum absolute atomic E-state index is 12.8. The maximum atomic E-state index is 12.8. The molecule has 3 aliphatic rings. The van der Waals surface area contributed by atoms with Gasteiger partial charge in [-0.3, -0.25) is 14.4 Å². The summed E-state index contributed by atoms with van der Waals surface area (Å²) in [6.07, 6.45) is -0.920. The Labute approximate surface area is 161 Å². The zero-order valence-corrected chi connectivity index (χ0v) is 16.3. The summed E-state index contributed by atoms with van der Waals surface area (Å²) in [6.45, 7) is 5.09. The number of fused-ring (bicyclic) bond motifs is 1. The minimum Gasteiger partial charge on any atom is -0.461 e. The van der Waals surface area contributed by atoms with Crippen molar-refractivity contribution < 1.29 is 43.2 Å². The molecule has 3 rings (SSSR count). The first-order valence-corrected chi connectivity index (χ1v) is 9.11. The monoisotopic (exact) mass is 396 g/mol. The van der Waals surface area contributed by atoms with Crippen LogP contribution in [0, 0.1) is 0 Å². The molecule has 1 spiro atoms. The first kappa shape index (κ1) is 20.5. The lowest BCUT2D eigenvalue weighted by Gasteiger charge is -2.50. The number of ether oxygens (including phenoxy) is 4. The molecule has 0 unspecified atom stereocenters. The highest BCUT2D eigenvalue weighted by molar-refractivity contribution is 5.95. The summed E-state index contributed by atoms with van der Waals surface area (Å²) >= 11 is 0. The van der Waals surface area contributed by atoms with E-state index in [9.17, 15) is 24.3 Å².